The van der Waals surface area contributed by atoms with E-state index in [9.17, 15) is 0 Å². The minimum Gasteiger partial charge on any atom is -0.102 e. The molecule has 3 rings (SSSR count). The van der Waals surface area contributed by atoms with Crippen molar-refractivity contribution in [2.45, 2.75) is 25.7 Å². The largest absolute Gasteiger partial charge is 0.224 e. The van der Waals surface area contributed by atoms with Crippen LogP contribution in [0, 0.1) is 0 Å². The first-order chi connectivity index (χ1) is 7.43. The average molecular weight is 216 g/mol. The highest BCUT2D eigenvalue weighted by molar-refractivity contribution is 7.02. The molecule has 0 bridgehead atoms. The topological polar surface area (TPSA) is 3.88 Å². The summed E-state index contributed by atoms with van der Waals surface area (Å²) in [7, 11) is 0. The molecule has 0 radical (unpaired) electrons. The molecule has 0 saturated heterocycles. The maximum atomic E-state index is 2.31. The molecule has 2 heteroatoms. The van der Waals surface area contributed by atoms with E-state index in [-0.39, 0.29) is 0 Å². The minimum absolute atomic E-state index is 1.27. The zero-order chi connectivity index (χ0) is 10.1. The number of aryl methyl sites for hydroxylation is 2. The Hall–Kier alpha value is -1.15. The number of hydrogen-bond acceptors (Lipinski definition) is 1. The third-order valence-corrected chi connectivity index (χ3v) is 4.15. The van der Waals surface area contributed by atoms with Gasteiger partial charge in [0.05, 0.1) is 4.88 Å². The Balaban J connectivity index is 2.03. The molecule has 1 aliphatic rings. The Morgan fingerprint density at radius 3 is 2.60 bits per heavy atom. The number of hydrogen-bond donors (Lipinski definition) is 0. The lowest BCUT2D eigenvalue weighted by Crippen LogP contribution is -2.23. The molecule has 0 N–H and O–H groups in total. The fourth-order valence-electron chi connectivity index (χ4n) is 2.13. The number of benzene rings is 1. The summed E-state index contributed by atoms with van der Waals surface area (Å²) in [6.45, 7) is 0. The van der Waals surface area contributed by atoms with Crippen LogP contribution in [0.25, 0.3) is 5.69 Å². The van der Waals surface area contributed by atoms with E-state index in [2.05, 4.69) is 40.5 Å². The van der Waals surface area contributed by atoms with Crippen LogP contribution in [0.4, 0.5) is 0 Å². The molecule has 0 aliphatic heterocycles. The summed E-state index contributed by atoms with van der Waals surface area (Å²) in [5.41, 5.74) is 2.85. The smallest absolute Gasteiger partial charge is 0.102 e. The number of aromatic nitrogens is 1. The zero-order valence-corrected chi connectivity index (χ0v) is 9.46. The van der Waals surface area contributed by atoms with Crippen LogP contribution in [0.5, 0.6) is 0 Å². The lowest BCUT2D eigenvalue weighted by atomic mass is 10.0. The molecule has 1 aromatic heterocycles. The van der Waals surface area contributed by atoms with Gasteiger partial charge in [-0.3, -0.25) is 0 Å². The van der Waals surface area contributed by atoms with Gasteiger partial charge in [-0.15, -0.1) is 3.96 Å². The van der Waals surface area contributed by atoms with E-state index in [4.69, 9.17) is 0 Å². The molecule has 0 unspecified atom stereocenters. The molecule has 0 spiro atoms. The van der Waals surface area contributed by atoms with Gasteiger partial charge < -0.3 is 0 Å². The fraction of sp³-hybridized carbons (Fsp3) is 0.308. The summed E-state index contributed by atoms with van der Waals surface area (Å²) < 4.78 is 2.30. The summed E-state index contributed by atoms with van der Waals surface area (Å²) in [6.07, 6.45) is 7.58. The Labute approximate surface area is 94.2 Å². The zero-order valence-electron chi connectivity index (χ0n) is 8.65. The van der Waals surface area contributed by atoms with Crippen LogP contribution in [0.1, 0.15) is 23.3 Å². The maximum Gasteiger partial charge on any atom is 0.224 e. The van der Waals surface area contributed by atoms with Crippen molar-refractivity contribution in [1.82, 2.24) is 0 Å². The van der Waals surface area contributed by atoms with E-state index in [1.807, 2.05) is 11.5 Å². The second-order valence-corrected chi connectivity index (χ2v) is 5.11. The molecule has 0 amide bonds. The van der Waals surface area contributed by atoms with Gasteiger partial charge in [0.2, 0.25) is 5.69 Å². The van der Waals surface area contributed by atoms with Gasteiger partial charge in [0.15, 0.2) is 6.20 Å². The van der Waals surface area contributed by atoms with Gasteiger partial charge in [-0.05, 0) is 25.7 Å². The second kappa shape index (κ2) is 3.78. The minimum atomic E-state index is 1.27. The van der Waals surface area contributed by atoms with Gasteiger partial charge in [-0.25, -0.2) is 0 Å². The van der Waals surface area contributed by atoms with Crippen molar-refractivity contribution in [2.24, 2.45) is 0 Å². The number of nitrogens with zero attached hydrogens (tertiary/aromatic N) is 1. The highest BCUT2D eigenvalue weighted by Crippen LogP contribution is 2.23. The molecule has 1 nitrogen and oxygen atoms in total. The van der Waals surface area contributed by atoms with E-state index in [0.717, 1.165) is 0 Å². The first-order valence-electron chi connectivity index (χ1n) is 5.52. The number of para-hydroxylation sites is 1. The van der Waals surface area contributed by atoms with Crippen LogP contribution in [-0.4, -0.2) is 0 Å². The quantitative estimate of drug-likeness (QED) is 0.645. The van der Waals surface area contributed by atoms with E-state index < -0.39 is 0 Å². The molecular weight excluding hydrogens is 202 g/mol. The van der Waals surface area contributed by atoms with Gasteiger partial charge in [0.25, 0.3) is 0 Å². The van der Waals surface area contributed by atoms with Crippen molar-refractivity contribution in [3.63, 3.8) is 0 Å². The van der Waals surface area contributed by atoms with Crippen molar-refractivity contribution in [3.8, 4) is 5.69 Å². The first-order valence-corrected chi connectivity index (χ1v) is 6.30. The molecule has 1 aliphatic carbocycles. The fourth-order valence-corrected chi connectivity index (χ4v) is 3.28. The number of rotatable bonds is 1. The summed E-state index contributed by atoms with van der Waals surface area (Å²) in [4.78, 5) is 1.59. The summed E-state index contributed by atoms with van der Waals surface area (Å²) in [5, 5.41) is 0. The molecule has 1 heterocycles. The second-order valence-electron chi connectivity index (χ2n) is 4.04. The molecule has 1 aromatic carbocycles. The first kappa shape index (κ1) is 9.10. The Morgan fingerprint density at radius 1 is 1.00 bits per heavy atom. The van der Waals surface area contributed by atoms with Crippen molar-refractivity contribution in [3.05, 3.63) is 47.0 Å². The van der Waals surface area contributed by atoms with E-state index in [1.54, 1.807) is 10.4 Å². The molecular formula is C13H14NS+. The third kappa shape index (κ3) is 1.70. The van der Waals surface area contributed by atoms with Gasteiger partial charge in [0, 0.05) is 17.7 Å². The van der Waals surface area contributed by atoms with Crippen molar-refractivity contribution >= 4 is 11.5 Å². The van der Waals surface area contributed by atoms with E-state index in [1.165, 1.54) is 31.4 Å². The van der Waals surface area contributed by atoms with Crippen molar-refractivity contribution in [1.29, 1.82) is 0 Å². The molecule has 0 saturated carbocycles. The maximum absolute atomic E-state index is 2.31. The molecule has 2 aromatic rings. The lowest BCUT2D eigenvalue weighted by Gasteiger charge is -2.04. The standard InChI is InChI=1S/C13H14NS/c1-2-7-12(8-3-1)14-10-11-6-4-5-9-13(11)15-14/h1-3,7-8,10H,4-6,9H2/q+1. The summed E-state index contributed by atoms with van der Waals surface area (Å²) in [5.74, 6) is 0. The number of fused-ring (bicyclic) bond motifs is 1. The highest BCUT2D eigenvalue weighted by atomic mass is 32.1. The normalized spacial score (nSPS) is 14.9. The van der Waals surface area contributed by atoms with Crippen LogP contribution in [-0.2, 0) is 12.8 Å². The Kier molecular flexibility index (Phi) is 2.29. The van der Waals surface area contributed by atoms with Gasteiger partial charge in [0.1, 0.15) is 11.5 Å². The third-order valence-electron chi connectivity index (χ3n) is 2.95. The molecule has 0 fully saturated rings. The van der Waals surface area contributed by atoms with Gasteiger partial charge in [-0.2, -0.15) is 0 Å². The van der Waals surface area contributed by atoms with Crippen LogP contribution in [0.2, 0.25) is 0 Å². The highest BCUT2D eigenvalue weighted by Gasteiger charge is 2.20. The Morgan fingerprint density at radius 2 is 1.80 bits per heavy atom. The van der Waals surface area contributed by atoms with E-state index >= 15 is 0 Å². The van der Waals surface area contributed by atoms with Crippen LogP contribution in [0.15, 0.2) is 36.5 Å². The lowest BCUT2D eigenvalue weighted by molar-refractivity contribution is -0.520. The molecule has 76 valence electrons. The van der Waals surface area contributed by atoms with Crippen molar-refractivity contribution in [2.75, 3.05) is 0 Å². The van der Waals surface area contributed by atoms with Crippen LogP contribution < -0.4 is 3.96 Å². The molecule has 0 atom stereocenters. The SMILES string of the molecule is c1ccc(-[n+]2cc3c(s2)CCCC3)cc1. The molecule has 15 heavy (non-hydrogen) atoms. The van der Waals surface area contributed by atoms with Crippen LogP contribution >= 0.6 is 11.5 Å². The van der Waals surface area contributed by atoms with E-state index in [0.29, 0.717) is 0 Å². The summed E-state index contributed by atoms with van der Waals surface area (Å²) in [6, 6.07) is 10.6. The van der Waals surface area contributed by atoms with Gasteiger partial charge >= 0.3 is 0 Å². The predicted octanol–water partition coefficient (Wildman–Crippen LogP) is 2.90. The Bertz CT molecular complexity index is 435. The van der Waals surface area contributed by atoms with Crippen LogP contribution in [0.3, 0.4) is 0 Å². The van der Waals surface area contributed by atoms with Gasteiger partial charge in [-0.1, -0.05) is 18.2 Å². The average Bonchev–Trinajstić information content (AvgIpc) is 2.74. The monoisotopic (exact) mass is 216 g/mol. The summed E-state index contributed by atoms with van der Waals surface area (Å²) >= 11 is 1.91. The van der Waals surface area contributed by atoms with Crippen molar-refractivity contribution < 1.29 is 3.96 Å². The predicted molar refractivity (Wildman–Crippen MR) is 62.5 cm³/mol.